The molecule has 0 fully saturated rings. The van der Waals surface area contributed by atoms with Crippen LogP contribution in [0.25, 0.3) is 0 Å². The van der Waals surface area contributed by atoms with E-state index in [0.29, 0.717) is 0 Å². The average molecular weight is 87.9 g/mol. The summed E-state index contributed by atoms with van der Waals surface area (Å²) in [5, 5.41) is 0. The Balaban J connectivity index is 3.47. The second kappa shape index (κ2) is 1.18. The van der Waals surface area contributed by atoms with Gasteiger partial charge in [-0.1, -0.05) is 0 Å². The molecule has 0 atom stereocenters. The Kier molecular flexibility index (Phi) is 1.25. The van der Waals surface area contributed by atoms with Crippen LogP contribution < -0.4 is 0 Å². The van der Waals surface area contributed by atoms with E-state index < -0.39 is 7.02 Å². The fourth-order valence-electron chi connectivity index (χ4n) is 0. The summed E-state index contributed by atoms with van der Waals surface area (Å²) in [6.07, 6.45) is 0. The third kappa shape index (κ3) is 260. The van der Waals surface area contributed by atoms with Gasteiger partial charge in [0.2, 0.25) is 0 Å². The molecule has 0 saturated carbocycles. The molecule has 0 amide bonds. The highest BCUT2D eigenvalue weighted by molar-refractivity contribution is 7.86. The van der Waals surface area contributed by atoms with Gasteiger partial charge >= 0.3 is 0 Å². The summed E-state index contributed by atoms with van der Waals surface area (Å²) in [7, 11) is 2.77. The van der Waals surface area contributed by atoms with E-state index in [1.807, 2.05) is 0 Å². The van der Waals surface area contributed by atoms with Gasteiger partial charge in [-0.3, -0.25) is 0 Å². The quantitative estimate of drug-likeness (QED) is 0.314. The second-order valence-corrected chi connectivity index (χ2v) is 4.30. The highest BCUT2D eigenvalue weighted by atomic mass is 31.2. The fraction of sp³-hybridized carbons (Fsp3) is 1.00. The van der Waals surface area contributed by atoms with E-state index in [0.717, 1.165) is 0 Å². The SMILES string of the molecule is [B]P(C)(C)=O. The van der Waals surface area contributed by atoms with E-state index >= 15 is 0 Å². The van der Waals surface area contributed by atoms with Crippen LogP contribution in [0.2, 0.25) is 0 Å². The molecule has 0 bridgehead atoms. The van der Waals surface area contributed by atoms with Gasteiger partial charge in [-0.15, -0.1) is 0 Å². The van der Waals surface area contributed by atoms with Crippen LogP contribution in [0.3, 0.4) is 0 Å². The van der Waals surface area contributed by atoms with Crippen molar-refractivity contribution < 1.29 is 4.57 Å². The van der Waals surface area contributed by atoms with Crippen molar-refractivity contribution in [3.8, 4) is 0 Å². The molecule has 0 aromatic carbocycles. The molecule has 0 rings (SSSR count). The lowest BCUT2D eigenvalue weighted by molar-refractivity contribution is 0.591. The molecule has 0 aliphatic heterocycles. The molecule has 0 aliphatic rings. The van der Waals surface area contributed by atoms with Gasteiger partial charge in [0, 0.05) is 7.02 Å². The monoisotopic (exact) mass is 88.0 g/mol. The first kappa shape index (κ1) is 5.29. The minimum Gasteiger partial charge on any atom is -0.336 e. The lowest BCUT2D eigenvalue weighted by atomic mass is 10.8. The maximum Gasteiger partial charge on any atom is 0.163 e. The molecule has 0 N–H and O–H groups in total. The van der Waals surface area contributed by atoms with Crippen molar-refractivity contribution in [2.45, 2.75) is 0 Å². The number of hydrogen-bond acceptors (Lipinski definition) is 1. The van der Waals surface area contributed by atoms with Crippen LogP contribution >= 0.6 is 7.02 Å². The normalized spacial score (nSPS) is 11.6. The third-order valence-electron chi connectivity index (χ3n) is 0. The standard InChI is InChI=1S/C2H6BOP/c1-5(2,3)4/h1-2H3. The Hall–Kier alpha value is 0.295. The van der Waals surface area contributed by atoms with Gasteiger partial charge in [-0.25, -0.2) is 0 Å². The maximum atomic E-state index is 9.99. The first-order valence-corrected chi connectivity index (χ1v) is 4.01. The molecule has 1 nitrogen and oxygen atoms in total. The zero-order valence-corrected chi connectivity index (χ0v) is 4.33. The largest absolute Gasteiger partial charge is 0.336 e. The molecular weight excluding hydrogens is 81.8 g/mol. The fourth-order valence-corrected chi connectivity index (χ4v) is 0. The van der Waals surface area contributed by atoms with Gasteiger partial charge in [-0.05, 0) is 13.3 Å². The van der Waals surface area contributed by atoms with E-state index in [-0.39, 0.29) is 0 Å². The van der Waals surface area contributed by atoms with Crippen molar-refractivity contribution in [3.05, 3.63) is 0 Å². The van der Waals surface area contributed by atoms with Gasteiger partial charge in [-0.2, -0.15) is 0 Å². The van der Waals surface area contributed by atoms with Gasteiger partial charge in [0.1, 0.15) is 0 Å². The Morgan fingerprint density at radius 2 is 1.60 bits per heavy atom. The summed E-state index contributed by atoms with van der Waals surface area (Å²) in [4.78, 5) is 0. The van der Waals surface area contributed by atoms with Gasteiger partial charge in [0.25, 0.3) is 0 Å². The van der Waals surface area contributed by atoms with E-state index in [1.54, 1.807) is 0 Å². The minimum atomic E-state index is -2.14. The molecule has 0 heterocycles. The van der Waals surface area contributed by atoms with Gasteiger partial charge in [0.15, 0.2) is 7.57 Å². The van der Waals surface area contributed by atoms with Crippen LogP contribution in [0.15, 0.2) is 0 Å². The van der Waals surface area contributed by atoms with Crippen LogP contribution in [-0.4, -0.2) is 20.9 Å². The van der Waals surface area contributed by atoms with E-state index in [2.05, 4.69) is 0 Å². The highest BCUT2D eigenvalue weighted by Gasteiger charge is 1.89. The average Bonchev–Trinajstić information content (AvgIpc) is 0.722. The lowest BCUT2D eigenvalue weighted by Gasteiger charge is -1.87. The van der Waals surface area contributed by atoms with Crippen LogP contribution in [0.1, 0.15) is 0 Å². The summed E-state index contributed by atoms with van der Waals surface area (Å²) in [6.45, 7) is 3.04. The van der Waals surface area contributed by atoms with Gasteiger partial charge < -0.3 is 4.57 Å². The number of hydrogen-bond donors (Lipinski definition) is 0. The van der Waals surface area contributed by atoms with Crippen LogP contribution in [0.5, 0.6) is 0 Å². The van der Waals surface area contributed by atoms with Crippen molar-refractivity contribution >= 4 is 14.6 Å². The van der Waals surface area contributed by atoms with Crippen molar-refractivity contribution in [1.29, 1.82) is 0 Å². The van der Waals surface area contributed by atoms with Crippen LogP contribution in [0.4, 0.5) is 0 Å². The van der Waals surface area contributed by atoms with E-state index in [4.69, 9.17) is 7.57 Å². The molecule has 0 spiro atoms. The molecule has 28 valence electrons. The zero-order valence-electron chi connectivity index (χ0n) is 3.43. The smallest absolute Gasteiger partial charge is 0.163 e. The summed E-state index contributed by atoms with van der Waals surface area (Å²) < 4.78 is 9.99. The molecule has 2 radical (unpaired) electrons. The van der Waals surface area contributed by atoms with Crippen molar-refractivity contribution in [3.63, 3.8) is 0 Å². The molecule has 0 unspecified atom stereocenters. The summed E-state index contributed by atoms with van der Waals surface area (Å²) in [6, 6.07) is 0. The zero-order chi connectivity index (χ0) is 4.50. The topological polar surface area (TPSA) is 17.1 Å². The first-order chi connectivity index (χ1) is 2.00. The van der Waals surface area contributed by atoms with Crippen LogP contribution in [-0.2, 0) is 4.57 Å². The molecule has 0 aliphatic carbocycles. The molecule has 5 heavy (non-hydrogen) atoms. The maximum absolute atomic E-state index is 9.99. The van der Waals surface area contributed by atoms with E-state index in [1.165, 1.54) is 13.3 Å². The van der Waals surface area contributed by atoms with Gasteiger partial charge in [0.05, 0.1) is 0 Å². The van der Waals surface area contributed by atoms with Crippen molar-refractivity contribution in [1.82, 2.24) is 0 Å². The van der Waals surface area contributed by atoms with E-state index in [9.17, 15) is 4.57 Å². The molecule has 0 aromatic rings. The predicted octanol–water partition coefficient (Wildman–Crippen LogP) is 0.693. The minimum absolute atomic E-state index is 1.52. The summed E-state index contributed by atoms with van der Waals surface area (Å²) >= 11 is 0. The number of rotatable bonds is 0. The summed E-state index contributed by atoms with van der Waals surface area (Å²) in [5.41, 5.74) is 0. The Bertz CT molecular complexity index is 55.8. The predicted molar refractivity (Wildman–Crippen MR) is 25.2 cm³/mol. The molecule has 0 saturated heterocycles. The van der Waals surface area contributed by atoms with Crippen molar-refractivity contribution in [2.75, 3.05) is 13.3 Å². The molecule has 3 heteroatoms. The Morgan fingerprint density at radius 3 is 1.60 bits per heavy atom. The van der Waals surface area contributed by atoms with Crippen LogP contribution in [0, 0.1) is 0 Å². The Morgan fingerprint density at radius 1 is 1.60 bits per heavy atom. The highest BCUT2D eigenvalue weighted by Crippen LogP contribution is 2.26. The summed E-state index contributed by atoms with van der Waals surface area (Å²) in [5.74, 6) is 0. The molecule has 0 aromatic heterocycles. The second-order valence-electron chi connectivity index (χ2n) is 1.43. The lowest BCUT2D eigenvalue weighted by Crippen LogP contribution is -1.64. The first-order valence-electron chi connectivity index (χ1n) is 1.34. The third-order valence-corrected chi connectivity index (χ3v) is 0. The van der Waals surface area contributed by atoms with Crippen molar-refractivity contribution in [2.24, 2.45) is 0 Å². The molecular formula is C2H6BOP. The Labute approximate surface area is 33.5 Å².